The van der Waals surface area contributed by atoms with Crippen LogP contribution in [0.2, 0.25) is 0 Å². The van der Waals surface area contributed by atoms with E-state index in [0.717, 1.165) is 30.7 Å². The van der Waals surface area contributed by atoms with E-state index >= 15 is 0 Å². The number of rotatable bonds is 3. The molecular weight excluding hydrogens is 308 g/mol. The van der Waals surface area contributed by atoms with E-state index in [0.29, 0.717) is 26.2 Å². The number of hydrogen-bond donors (Lipinski definition) is 1. The van der Waals surface area contributed by atoms with Crippen LogP contribution in [-0.4, -0.2) is 49.2 Å². The summed E-state index contributed by atoms with van der Waals surface area (Å²) in [5.74, 6) is 0.836. The molecule has 1 fully saturated rings. The smallest absolute Gasteiger partial charge is 0.407 e. The van der Waals surface area contributed by atoms with E-state index in [9.17, 15) is 9.59 Å². The Morgan fingerprint density at radius 3 is 3.04 bits per heavy atom. The third kappa shape index (κ3) is 3.80. The van der Waals surface area contributed by atoms with Crippen LogP contribution in [0, 0.1) is 5.92 Å². The normalized spacial score (nSPS) is 23.0. The summed E-state index contributed by atoms with van der Waals surface area (Å²) in [4.78, 5) is 26.2. The van der Waals surface area contributed by atoms with Crippen LogP contribution in [0.4, 0.5) is 4.79 Å². The van der Waals surface area contributed by atoms with E-state index in [-0.39, 0.29) is 17.9 Å². The van der Waals surface area contributed by atoms with Crippen molar-refractivity contribution in [3.05, 3.63) is 29.8 Å². The van der Waals surface area contributed by atoms with Crippen LogP contribution in [0.5, 0.6) is 5.75 Å². The average Bonchev–Trinajstić information content (AvgIpc) is 2.61. The molecule has 6 heteroatoms. The van der Waals surface area contributed by atoms with E-state index < -0.39 is 6.09 Å². The highest BCUT2D eigenvalue weighted by atomic mass is 16.5. The Morgan fingerprint density at radius 1 is 1.38 bits per heavy atom. The van der Waals surface area contributed by atoms with Crippen molar-refractivity contribution in [3.63, 3.8) is 0 Å². The quantitative estimate of drug-likeness (QED) is 0.919. The Bertz CT molecular complexity index is 604. The van der Waals surface area contributed by atoms with Crippen LogP contribution < -0.4 is 10.1 Å². The number of benzene rings is 1. The van der Waals surface area contributed by atoms with Gasteiger partial charge in [-0.2, -0.15) is 0 Å². The van der Waals surface area contributed by atoms with Gasteiger partial charge < -0.3 is 19.7 Å². The lowest BCUT2D eigenvalue weighted by molar-refractivity contribution is -0.138. The van der Waals surface area contributed by atoms with Gasteiger partial charge in [0.1, 0.15) is 12.4 Å². The summed E-state index contributed by atoms with van der Waals surface area (Å²) in [6.07, 6.45) is 2.05. The van der Waals surface area contributed by atoms with E-state index in [4.69, 9.17) is 9.47 Å². The van der Waals surface area contributed by atoms with Gasteiger partial charge in [-0.25, -0.2) is 4.79 Å². The predicted octanol–water partition coefficient (Wildman–Crippen LogP) is 1.97. The first kappa shape index (κ1) is 16.6. The highest BCUT2D eigenvalue weighted by Crippen LogP contribution is 2.28. The number of para-hydroxylation sites is 1. The Balaban J connectivity index is 1.58. The maximum atomic E-state index is 12.8. The number of piperidine rings is 1. The molecule has 0 saturated carbocycles. The summed E-state index contributed by atoms with van der Waals surface area (Å²) in [6, 6.07) is 7.82. The molecule has 2 aliphatic rings. The highest BCUT2D eigenvalue weighted by Gasteiger charge is 2.32. The van der Waals surface area contributed by atoms with E-state index in [2.05, 4.69) is 5.32 Å². The zero-order chi connectivity index (χ0) is 16.9. The number of nitrogens with one attached hydrogen (secondary N) is 1. The monoisotopic (exact) mass is 332 g/mol. The van der Waals surface area contributed by atoms with Gasteiger partial charge in [-0.15, -0.1) is 0 Å². The third-order valence-corrected chi connectivity index (χ3v) is 4.56. The molecule has 130 valence electrons. The van der Waals surface area contributed by atoms with Gasteiger partial charge in [0, 0.05) is 19.1 Å². The standard InChI is InChI=1S/C18H24N2O4/c1-2-23-18(22)19-15-7-5-9-20(11-15)17(21)14-10-13-6-3-4-8-16(13)24-12-14/h3-4,6,8,14-15H,2,5,7,9-12H2,1H3,(H,19,22)/t14-,15-/m0/s1. The molecule has 1 N–H and O–H groups in total. The fourth-order valence-corrected chi connectivity index (χ4v) is 3.38. The maximum absolute atomic E-state index is 12.8. The van der Waals surface area contributed by atoms with Gasteiger partial charge >= 0.3 is 6.09 Å². The van der Waals surface area contributed by atoms with Crippen LogP contribution in [0.15, 0.2) is 24.3 Å². The Hall–Kier alpha value is -2.24. The molecule has 24 heavy (non-hydrogen) atoms. The van der Waals surface area contributed by atoms with Crippen molar-refractivity contribution in [1.82, 2.24) is 10.2 Å². The van der Waals surface area contributed by atoms with Crippen LogP contribution in [0.25, 0.3) is 0 Å². The van der Waals surface area contributed by atoms with Crippen molar-refractivity contribution in [3.8, 4) is 5.75 Å². The zero-order valence-electron chi connectivity index (χ0n) is 14.0. The van der Waals surface area contributed by atoms with Gasteiger partial charge in [-0.05, 0) is 37.8 Å². The van der Waals surface area contributed by atoms with Crippen LogP contribution >= 0.6 is 0 Å². The number of ether oxygens (including phenoxy) is 2. The third-order valence-electron chi connectivity index (χ3n) is 4.56. The Kier molecular flexibility index (Phi) is 5.23. The van der Waals surface area contributed by atoms with Crippen LogP contribution in [0.1, 0.15) is 25.3 Å². The molecule has 2 heterocycles. The van der Waals surface area contributed by atoms with Gasteiger partial charge in [0.15, 0.2) is 0 Å². The zero-order valence-corrected chi connectivity index (χ0v) is 14.0. The SMILES string of the molecule is CCOC(=O)N[C@H]1CCCN(C(=O)[C@@H]2COc3ccccc3C2)C1. The van der Waals surface area contributed by atoms with E-state index in [1.165, 1.54) is 0 Å². The molecule has 0 aliphatic carbocycles. The average molecular weight is 332 g/mol. The first-order valence-corrected chi connectivity index (χ1v) is 8.60. The van der Waals surface area contributed by atoms with Gasteiger partial charge in [0.25, 0.3) is 0 Å². The summed E-state index contributed by atoms with van der Waals surface area (Å²) in [5, 5.41) is 2.84. The lowest BCUT2D eigenvalue weighted by Gasteiger charge is -2.36. The number of hydrogen-bond acceptors (Lipinski definition) is 4. The molecule has 0 aromatic heterocycles. The Labute approximate surface area is 142 Å². The van der Waals surface area contributed by atoms with E-state index in [1.54, 1.807) is 6.92 Å². The predicted molar refractivity (Wildman–Crippen MR) is 88.9 cm³/mol. The lowest BCUT2D eigenvalue weighted by Crippen LogP contribution is -2.52. The number of carbonyl (C=O) groups excluding carboxylic acids is 2. The summed E-state index contributed by atoms with van der Waals surface area (Å²) >= 11 is 0. The summed E-state index contributed by atoms with van der Waals surface area (Å²) in [6.45, 7) is 3.81. The Morgan fingerprint density at radius 2 is 2.21 bits per heavy atom. The van der Waals surface area contributed by atoms with Crippen LogP contribution in [0.3, 0.4) is 0 Å². The molecule has 3 rings (SSSR count). The fourth-order valence-electron chi connectivity index (χ4n) is 3.38. The number of fused-ring (bicyclic) bond motifs is 1. The van der Waals surface area contributed by atoms with Gasteiger partial charge in [0.05, 0.1) is 12.5 Å². The molecule has 1 aromatic carbocycles. The van der Waals surface area contributed by atoms with Crippen molar-refractivity contribution in [2.75, 3.05) is 26.3 Å². The number of carbonyl (C=O) groups is 2. The van der Waals surface area contributed by atoms with Crippen molar-refractivity contribution >= 4 is 12.0 Å². The highest BCUT2D eigenvalue weighted by molar-refractivity contribution is 5.80. The number of amides is 2. The molecule has 2 aliphatic heterocycles. The molecule has 2 atom stereocenters. The van der Waals surface area contributed by atoms with Crippen molar-refractivity contribution in [1.29, 1.82) is 0 Å². The second-order valence-electron chi connectivity index (χ2n) is 6.31. The van der Waals surface area contributed by atoms with Crippen molar-refractivity contribution in [2.45, 2.75) is 32.2 Å². The molecule has 0 bridgehead atoms. The molecule has 1 aromatic rings. The number of alkyl carbamates (subject to hydrolysis) is 1. The van der Waals surface area contributed by atoms with Gasteiger partial charge in [0.2, 0.25) is 5.91 Å². The minimum Gasteiger partial charge on any atom is -0.492 e. The molecule has 0 radical (unpaired) electrons. The second-order valence-corrected chi connectivity index (χ2v) is 6.31. The van der Waals surface area contributed by atoms with Crippen molar-refractivity contribution < 1.29 is 19.1 Å². The molecule has 0 unspecified atom stereocenters. The summed E-state index contributed by atoms with van der Waals surface area (Å²) in [5.41, 5.74) is 1.08. The summed E-state index contributed by atoms with van der Waals surface area (Å²) in [7, 11) is 0. The van der Waals surface area contributed by atoms with Crippen LogP contribution in [-0.2, 0) is 16.0 Å². The number of likely N-dealkylation sites (tertiary alicyclic amines) is 1. The fraction of sp³-hybridized carbons (Fsp3) is 0.556. The molecule has 1 saturated heterocycles. The van der Waals surface area contributed by atoms with Gasteiger partial charge in [-0.3, -0.25) is 4.79 Å². The first-order chi connectivity index (χ1) is 11.7. The summed E-state index contributed by atoms with van der Waals surface area (Å²) < 4.78 is 10.7. The minimum atomic E-state index is -0.410. The molecule has 6 nitrogen and oxygen atoms in total. The molecule has 2 amide bonds. The topological polar surface area (TPSA) is 67.9 Å². The second kappa shape index (κ2) is 7.55. The lowest BCUT2D eigenvalue weighted by atomic mass is 9.94. The molecule has 0 spiro atoms. The van der Waals surface area contributed by atoms with Crippen molar-refractivity contribution in [2.24, 2.45) is 5.92 Å². The first-order valence-electron chi connectivity index (χ1n) is 8.60. The number of nitrogens with zero attached hydrogens (tertiary/aromatic N) is 1. The minimum absolute atomic E-state index is 0.0430. The largest absolute Gasteiger partial charge is 0.492 e. The maximum Gasteiger partial charge on any atom is 0.407 e. The van der Waals surface area contributed by atoms with E-state index in [1.807, 2.05) is 29.2 Å². The molecular formula is C18H24N2O4. The van der Waals surface area contributed by atoms with Gasteiger partial charge in [-0.1, -0.05) is 18.2 Å².